The highest BCUT2D eigenvalue weighted by atomic mass is 19.1. The van der Waals surface area contributed by atoms with Crippen LogP contribution in [0, 0.1) is 5.82 Å². The molecule has 0 aliphatic carbocycles. The Hall–Kier alpha value is -1.53. The van der Waals surface area contributed by atoms with Gasteiger partial charge in [0, 0.05) is 18.7 Å². The number of halogens is 1. The van der Waals surface area contributed by atoms with Crippen molar-refractivity contribution < 1.29 is 19.0 Å². The summed E-state index contributed by atoms with van der Waals surface area (Å²) in [6.07, 6.45) is 0.807. The van der Waals surface area contributed by atoms with Gasteiger partial charge in [0.2, 0.25) is 0 Å². The van der Waals surface area contributed by atoms with E-state index in [1.807, 2.05) is 6.92 Å². The Bertz CT molecular complexity index is 388. The largest absolute Gasteiger partial charge is 0.490 e. The van der Waals surface area contributed by atoms with Crippen LogP contribution in [0.4, 0.5) is 15.8 Å². The van der Waals surface area contributed by atoms with E-state index in [4.69, 9.17) is 20.3 Å². The molecule has 0 saturated carbocycles. The third kappa shape index (κ3) is 5.32. The van der Waals surface area contributed by atoms with Crippen LogP contribution < -0.4 is 15.8 Å². The third-order valence-corrected chi connectivity index (χ3v) is 2.36. The van der Waals surface area contributed by atoms with Crippen LogP contribution in [0.3, 0.4) is 0 Å². The molecular formula is C13H21FN2O3. The number of hydrogen-bond acceptors (Lipinski definition) is 5. The van der Waals surface area contributed by atoms with Gasteiger partial charge >= 0.3 is 0 Å². The van der Waals surface area contributed by atoms with Crippen molar-refractivity contribution in [1.29, 1.82) is 0 Å². The van der Waals surface area contributed by atoms with Crippen LogP contribution >= 0.6 is 0 Å². The summed E-state index contributed by atoms with van der Waals surface area (Å²) in [5.41, 5.74) is 6.65. The molecule has 0 atom stereocenters. The molecule has 1 aromatic carbocycles. The van der Waals surface area contributed by atoms with Gasteiger partial charge in [0.05, 0.1) is 37.8 Å². The molecule has 0 spiro atoms. The predicted octanol–water partition coefficient (Wildman–Crippen LogP) is 1.62. The van der Waals surface area contributed by atoms with Gasteiger partial charge in [-0.25, -0.2) is 4.39 Å². The number of ether oxygens (including phenoxy) is 2. The highest BCUT2D eigenvalue weighted by Gasteiger charge is 2.08. The average Bonchev–Trinajstić information content (AvgIpc) is 2.39. The molecular weight excluding hydrogens is 251 g/mol. The van der Waals surface area contributed by atoms with E-state index in [0.717, 1.165) is 6.42 Å². The lowest BCUT2D eigenvalue weighted by molar-refractivity contribution is 0.0992. The number of hydrogen-bond donors (Lipinski definition) is 3. The Morgan fingerprint density at radius 3 is 2.79 bits per heavy atom. The minimum atomic E-state index is -0.465. The van der Waals surface area contributed by atoms with Gasteiger partial charge in [-0.2, -0.15) is 0 Å². The summed E-state index contributed by atoms with van der Waals surface area (Å²) in [6.45, 7) is 3.65. The summed E-state index contributed by atoms with van der Waals surface area (Å²) in [5.74, 6) is -0.275. The van der Waals surface area contributed by atoms with Crippen LogP contribution in [-0.2, 0) is 4.74 Å². The summed E-state index contributed by atoms with van der Waals surface area (Å²) in [5, 5.41) is 11.6. The van der Waals surface area contributed by atoms with Crippen LogP contribution in [0.1, 0.15) is 13.3 Å². The summed E-state index contributed by atoms with van der Waals surface area (Å²) in [7, 11) is 0. The lowest BCUT2D eigenvalue weighted by Crippen LogP contribution is -2.12. The zero-order valence-electron chi connectivity index (χ0n) is 11.1. The molecule has 1 aromatic rings. The number of nitrogens with two attached hydrogens (primary N) is 1. The molecule has 0 aliphatic heterocycles. The second-order valence-corrected chi connectivity index (χ2v) is 3.98. The molecule has 19 heavy (non-hydrogen) atoms. The predicted molar refractivity (Wildman–Crippen MR) is 73.0 cm³/mol. The maximum absolute atomic E-state index is 13.6. The fraction of sp³-hybridized carbons (Fsp3) is 0.538. The summed E-state index contributed by atoms with van der Waals surface area (Å²) >= 11 is 0. The molecule has 0 bridgehead atoms. The summed E-state index contributed by atoms with van der Waals surface area (Å²) < 4.78 is 24.0. The van der Waals surface area contributed by atoms with Gasteiger partial charge in [0.25, 0.3) is 0 Å². The molecule has 0 heterocycles. The van der Waals surface area contributed by atoms with Gasteiger partial charge in [0.15, 0.2) is 11.6 Å². The van der Waals surface area contributed by atoms with E-state index in [1.54, 1.807) is 6.07 Å². The molecule has 5 nitrogen and oxygen atoms in total. The first kappa shape index (κ1) is 15.5. The van der Waals surface area contributed by atoms with Gasteiger partial charge in [-0.1, -0.05) is 6.92 Å². The van der Waals surface area contributed by atoms with E-state index in [0.29, 0.717) is 37.7 Å². The monoisotopic (exact) mass is 272 g/mol. The van der Waals surface area contributed by atoms with Gasteiger partial charge < -0.3 is 25.6 Å². The average molecular weight is 272 g/mol. The fourth-order valence-electron chi connectivity index (χ4n) is 1.47. The van der Waals surface area contributed by atoms with E-state index >= 15 is 0 Å². The van der Waals surface area contributed by atoms with E-state index in [9.17, 15) is 4.39 Å². The minimum Gasteiger partial charge on any atom is -0.490 e. The Morgan fingerprint density at radius 2 is 2.11 bits per heavy atom. The first-order valence-corrected chi connectivity index (χ1v) is 6.33. The molecule has 108 valence electrons. The first-order chi connectivity index (χ1) is 9.19. The van der Waals surface area contributed by atoms with Crippen LogP contribution in [0.2, 0.25) is 0 Å². The van der Waals surface area contributed by atoms with Crippen molar-refractivity contribution in [2.75, 3.05) is 44.0 Å². The molecule has 0 radical (unpaired) electrons. The Morgan fingerprint density at radius 1 is 1.32 bits per heavy atom. The zero-order valence-corrected chi connectivity index (χ0v) is 11.1. The summed E-state index contributed by atoms with van der Waals surface area (Å²) in [6, 6.07) is 2.79. The van der Waals surface area contributed by atoms with Crippen LogP contribution in [0.5, 0.6) is 5.75 Å². The Kier molecular flexibility index (Phi) is 6.99. The highest BCUT2D eigenvalue weighted by molar-refractivity contribution is 5.68. The quantitative estimate of drug-likeness (QED) is 0.470. The van der Waals surface area contributed by atoms with Crippen molar-refractivity contribution >= 4 is 11.4 Å². The van der Waals surface area contributed by atoms with Crippen molar-refractivity contribution in [3.8, 4) is 5.75 Å². The first-order valence-electron chi connectivity index (χ1n) is 6.33. The van der Waals surface area contributed by atoms with Crippen molar-refractivity contribution in [1.82, 2.24) is 0 Å². The van der Waals surface area contributed by atoms with Crippen molar-refractivity contribution in [3.05, 3.63) is 17.9 Å². The number of rotatable bonds is 9. The molecule has 0 aliphatic rings. The summed E-state index contributed by atoms with van der Waals surface area (Å²) in [4.78, 5) is 0. The van der Waals surface area contributed by atoms with E-state index in [-0.39, 0.29) is 12.4 Å². The Labute approximate surface area is 112 Å². The third-order valence-electron chi connectivity index (χ3n) is 2.36. The van der Waals surface area contributed by atoms with Crippen LogP contribution in [-0.4, -0.2) is 38.1 Å². The molecule has 0 fully saturated rings. The van der Waals surface area contributed by atoms with Gasteiger partial charge in [0.1, 0.15) is 0 Å². The molecule has 0 amide bonds. The smallest absolute Gasteiger partial charge is 0.167 e. The zero-order chi connectivity index (χ0) is 14.1. The maximum atomic E-state index is 13.6. The second-order valence-electron chi connectivity index (χ2n) is 3.98. The van der Waals surface area contributed by atoms with Crippen LogP contribution in [0.15, 0.2) is 12.1 Å². The molecule has 1 rings (SSSR count). The topological polar surface area (TPSA) is 76.7 Å². The lowest BCUT2D eigenvalue weighted by Gasteiger charge is -2.13. The van der Waals surface area contributed by atoms with Crippen molar-refractivity contribution in [2.24, 2.45) is 0 Å². The number of nitrogen functional groups attached to an aromatic ring is 1. The standard InChI is InChI=1S/C13H21FN2O3/c1-2-5-19-13-9-12(11(15)8-10(13)14)16-3-6-18-7-4-17/h8-9,16-17H,2-7,15H2,1H3. The number of benzene rings is 1. The normalized spacial score (nSPS) is 10.5. The van der Waals surface area contributed by atoms with E-state index in [1.165, 1.54) is 6.07 Å². The Balaban J connectivity index is 2.56. The lowest BCUT2D eigenvalue weighted by atomic mass is 10.2. The molecule has 0 aromatic heterocycles. The van der Waals surface area contributed by atoms with Crippen LogP contribution in [0.25, 0.3) is 0 Å². The van der Waals surface area contributed by atoms with Gasteiger partial charge in [-0.3, -0.25) is 0 Å². The van der Waals surface area contributed by atoms with Crippen molar-refractivity contribution in [2.45, 2.75) is 13.3 Å². The highest BCUT2D eigenvalue weighted by Crippen LogP contribution is 2.28. The molecule has 0 saturated heterocycles. The molecule has 4 N–H and O–H groups in total. The fourth-order valence-corrected chi connectivity index (χ4v) is 1.47. The minimum absolute atomic E-state index is 0.00626. The van der Waals surface area contributed by atoms with Crippen molar-refractivity contribution in [3.63, 3.8) is 0 Å². The maximum Gasteiger partial charge on any atom is 0.167 e. The van der Waals surface area contributed by atoms with Gasteiger partial charge in [-0.05, 0) is 6.42 Å². The van der Waals surface area contributed by atoms with Gasteiger partial charge in [-0.15, -0.1) is 0 Å². The number of anilines is 2. The van der Waals surface area contributed by atoms with E-state index in [2.05, 4.69) is 5.32 Å². The number of aliphatic hydroxyl groups excluding tert-OH is 1. The second kappa shape index (κ2) is 8.55. The SMILES string of the molecule is CCCOc1cc(NCCOCCO)c(N)cc1F. The number of nitrogens with one attached hydrogen (secondary N) is 1. The molecule has 0 unspecified atom stereocenters. The molecule has 6 heteroatoms. The number of aliphatic hydroxyl groups is 1. The van der Waals surface area contributed by atoms with E-state index < -0.39 is 5.82 Å².